The number of rotatable bonds is 6. The highest BCUT2D eigenvalue weighted by atomic mass is 16.3. The van der Waals surface area contributed by atoms with Crippen LogP contribution < -0.4 is 26.7 Å². The zero-order valence-corrected chi connectivity index (χ0v) is 26.0. The van der Waals surface area contributed by atoms with Crippen molar-refractivity contribution in [2.75, 3.05) is 29.9 Å². The average Bonchev–Trinajstić information content (AvgIpc) is 3.52. The van der Waals surface area contributed by atoms with Gasteiger partial charge in [-0.25, -0.2) is 9.97 Å². The lowest BCUT2D eigenvalue weighted by Crippen LogP contribution is -2.49. The molecular formula is C34H38N8O3. The Bertz CT molecular complexity index is 2040. The van der Waals surface area contributed by atoms with Crippen LogP contribution >= 0.6 is 0 Å². The summed E-state index contributed by atoms with van der Waals surface area (Å²) in [5, 5.41) is 17.2. The number of pyridine rings is 3. The first-order valence-electron chi connectivity index (χ1n) is 15.4. The van der Waals surface area contributed by atoms with Gasteiger partial charge in [0, 0.05) is 74.3 Å². The summed E-state index contributed by atoms with van der Waals surface area (Å²) in [7, 11) is 1.69. The second kappa shape index (κ2) is 11.0. The van der Waals surface area contributed by atoms with E-state index in [1.807, 2.05) is 35.0 Å². The molecule has 45 heavy (non-hydrogen) atoms. The normalized spacial score (nSPS) is 17.5. The van der Waals surface area contributed by atoms with Crippen molar-refractivity contribution in [2.45, 2.75) is 46.3 Å². The molecule has 1 fully saturated rings. The van der Waals surface area contributed by atoms with Crippen LogP contribution in [0.2, 0.25) is 0 Å². The van der Waals surface area contributed by atoms with Crippen molar-refractivity contribution < 1.29 is 5.11 Å². The van der Waals surface area contributed by atoms with E-state index in [2.05, 4.69) is 46.3 Å². The van der Waals surface area contributed by atoms with Crippen molar-refractivity contribution in [3.05, 3.63) is 98.8 Å². The predicted molar refractivity (Wildman–Crippen MR) is 176 cm³/mol. The second-order valence-corrected chi connectivity index (χ2v) is 13.0. The zero-order valence-electron chi connectivity index (χ0n) is 26.0. The van der Waals surface area contributed by atoms with Crippen LogP contribution in [0.5, 0.6) is 0 Å². The van der Waals surface area contributed by atoms with Crippen LogP contribution in [-0.4, -0.2) is 54.3 Å². The van der Waals surface area contributed by atoms with Gasteiger partial charge in [-0.1, -0.05) is 13.8 Å². The number of anilines is 3. The summed E-state index contributed by atoms with van der Waals surface area (Å²) in [6.07, 6.45) is 10.6. The van der Waals surface area contributed by atoms with Crippen LogP contribution in [0.15, 0.2) is 70.9 Å². The Morgan fingerprint density at radius 3 is 2.69 bits per heavy atom. The van der Waals surface area contributed by atoms with Crippen LogP contribution in [-0.2, 0) is 26.5 Å². The third-order valence-electron chi connectivity index (χ3n) is 9.11. The number of nitrogens with zero attached hydrogens (tertiary/aromatic N) is 6. The molecule has 5 aromatic heterocycles. The lowest BCUT2D eigenvalue weighted by Gasteiger charge is -2.35. The summed E-state index contributed by atoms with van der Waals surface area (Å²) in [6.45, 7) is 9.07. The molecule has 0 amide bonds. The maximum absolute atomic E-state index is 13.8. The van der Waals surface area contributed by atoms with E-state index in [-0.39, 0.29) is 23.1 Å². The maximum atomic E-state index is 13.8. The molecule has 7 rings (SSSR count). The molecule has 11 nitrogen and oxygen atoms in total. The Kier molecular flexibility index (Phi) is 7.09. The minimum atomic E-state index is -0.346. The summed E-state index contributed by atoms with van der Waals surface area (Å²) in [6, 6.07) is 9.78. The third-order valence-corrected chi connectivity index (χ3v) is 9.11. The molecule has 0 spiro atoms. The van der Waals surface area contributed by atoms with Gasteiger partial charge in [-0.3, -0.25) is 14.2 Å². The number of aliphatic hydroxyl groups is 1. The SMILES string of the molecule is C[C@H]1CNCCN1c1ccc(Nc2cc(-c3ccnc(-n4ccn5c6c(cc5c4=O)CC(C)(C)C6)c3CO)cn(C)c2=O)nc1. The van der Waals surface area contributed by atoms with E-state index in [0.717, 1.165) is 38.2 Å². The van der Waals surface area contributed by atoms with E-state index < -0.39 is 0 Å². The number of piperazine rings is 1. The van der Waals surface area contributed by atoms with Gasteiger partial charge >= 0.3 is 0 Å². The molecule has 0 unspecified atom stereocenters. The Hall–Kier alpha value is -4.74. The Morgan fingerprint density at radius 1 is 1.09 bits per heavy atom. The van der Waals surface area contributed by atoms with Gasteiger partial charge in [0.1, 0.15) is 22.8 Å². The second-order valence-electron chi connectivity index (χ2n) is 13.0. The monoisotopic (exact) mass is 606 g/mol. The van der Waals surface area contributed by atoms with Gasteiger partial charge in [0.05, 0.1) is 18.5 Å². The van der Waals surface area contributed by atoms with Gasteiger partial charge < -0.3 is 29.6 Å². The van der Waals surface area contributed by atoms with E-state index in [4.69, 9.17) is 0 Å². The van der Waals surface area contributed by atoms with E-state index in [1.165, 1.54) is 20.4 Å². The Morgan fingerprint density at radius 2 is 1.93 bits per heavy atom. The highest BCUT2D eigenvalue weighted by Gasteiger charge is 2.32. The number of nitrogens with one attached hydrogen (secondary N) is 2. The van der Waals surface area contributed by atoms with Crippen molar-refractivity contribution in [2.24, 2.45) is 12.5 Å². The lowest BCUT2D eigenvalue weighted by molar-refractivity contribution is 0.281. The molecule has 1 aliphatic carbocycles. The van der Waals surface area contributed by atoms with Gasteiger partial charge in [-0.05, 0) is 66.6 Å². The van der Waals surface area contributed by atoms with Gasteiger partial charge in [-0.2, -0.15) is 0 Å². The number of aryl methyl sites for hydroxylation is 1. The largest absolute Gasteiger partial charge is 0.392 e. The van der Waals surface area contributed by atoms with Crippen molar-refractivity contribution in [1.82, 2.24) is 28.8 Å². The molecule has 232 valence electrons. The first-order valence-corrected chi connectivity index (χ1v) is 15.4. The highest BCUT2D eigenvalue weighted by molar-refractivity contribution is 5.73. The summed E-state index contributed by atoms with van der Waals surface area (Å²) in [5.41, 5.74) is 5.96. The number of hydrogen-bond acceptors (Lipinski definition) is 8. The Balaban J connectivity index is 1.24. The fourth-order valence-corrected chi connectivity index (χ4v) is 6.88. The van der Waals surface area contributed by atoms with Crippen LogP contribution in [0.1, 0.15) is 37.6 Å². The molecule has 1 atom stereocenters. The van der Waals surface area contributed by atoms with E-state index >= 15 is 0 Å². The summed E-state index contributed by atoms with van der Waals surface area (Å²) in [4.78, 5) is 38.4. The summed E-state index contributed by atoms with van der Waals surface area (Å²) >= 11 is 0. The molecule has 6 heterocycles. The van der Waals surface area contributed by atoms with E-state index in [0.29, 0.717) is 45.6 Å². The average molecular weight is 607 g/mol. The van der Waals surface area contributed by atoms with Crippen LogP contribution in [0.25, 0.3) is 22.5 Å². The van der Waals surface area contributed by atoms with Crippen LogP contribution in [0.3, 0.4) is 0 Å². The lowest BCUT2D eigenvalue weighted by atomic mass is 9.90. The number of hydrogen-bond donors (Lipinski definition) is 3. The van der Waals surface area contributed by atoms with E-state index in [1.54, 1.807) is 37.8 Å². The third kappa shape index (κ3) is 5.11. The van der Waals surface area contributed by atoms with Gasteiger partial charge in [0.15, 0.2) is 0 Å². The van der Waals surface area contributed by atoms with Crippen molar-refractivity contribution >= 4 is 22.7 Å². The van der Waals surface area contributed by atoms with Gasteiger partial charge in [0.25, 0.3) is 11.1 Å². The standard InChI is InChI=1S/C34H38N8O3/c1-21-17-35-9-10-40(21)24-5-6-30(37-18-24)38-27-13-23(19-39(4)32(27)44)25-7-8-36-31(26(25)20-43)42-12-11-41-28(33(42)45)14-22-15-34(2,3)16-29(22)41/h5-8,11-14,18-19,21,35,43H,9-10,15-17,20H2,1-4H3,(H,37,38)/t21-/m0/s1. The molecule has 1 aliphatic heterocycles. The molecule has 0 saturated carbocycles. The quantitative estimate of drug-likeness (QED) is 0.269. The van der Waals surface area contributed by atoms with Crippen LogP contribution in [0, 0.1) is 5.41 Å². The van der Waals surface area contributed by atoms with Crippen molar-refractivity contribution in [3.8, 4) is 16.9 Å². The fraction of sp³-hybridized carbons (Fsp3) is 0.353. The molecule has 2 aliphatic rings. The fourth-order valence-electron chi connectivity index (χ4n) is 6.88. The molecule has 0 bridgehead atoms. The number of aliphatic hydroxyl groups excluding tert-OH is 1. The summed E-state index contributed by atoms with van der Waals surface area (Å²) in [5.74, 6) is 0.905. The minimum Gasteiger partial charge on any atom is -0.392 e. The minimum absolute atomic E-state index is 0.174. The molecule has 3 N–H and O–H groups in total. The number of fused-ring (bicyclic) bond motifs is 3. The maximum Gasteiger partial charge on any atom is 0.280 e. The molecular weight excluding hydrogens is 568 g/mol. The molecule has 5 aromatic rings. The predicted octanol–water partition coefficient (Wildman–Crippen LogP) is 3.40. The van der Waals surface area contributed by atoms with E-state index in [9.17, 15) is 14.7 Å². The molecule has 1 saturated heterocycles. The topological polar surface area (TPSA) is 122 Å². The number of aromatic nitrogens is 5. The molecule has 11 heteroatoms. The highest BCUT2D eigenvalue weighted by Crippen LogP contribution is 2.37. The first-order chi connectivity index (χ1) is 21.6. The summed E-state index contributed by atoms with van der Waals surface area (Å²) < 4.78 is 4.98. The molecule has 0 aromatic carbocycles. The van der Waals surface area contributed by atoms with Crippen molar-refractivity contribution in [1.29, 1.82) is 0 Å². The Labute approximate surface area is 260 Å². The zero-order chi connectivity index (χ0) is 31.5. The molecule has 0 radical (unpaired) electrons. The van der Waals surface area contributed by atoms with Crippen LogP contribution in [0.4, 0.5) is 17.2 Å². The van der Waals surface area contributed by atoms with Gasteiger partial charge in [-0.15, -0.1) is 0 Å². The smallest absolute Gasteiger partial charge is 0.280 e. The first kappa shape index (κ1) is 29.0. The van der Waals surface area contributed by atoms with Gasteiger partial charge in [0.2, 0.25) is 0 Å². The van der Waals surface area contributed by atoms with Crippen molar-refractivity contribution in [3.63, 3.8) is 0 Å².